The van der Waals surface area contributed by atoms with Gasteiger partial charge in [0.15, 0.2) is 0 Å². The highest BCUT2D eigenvalue weighted by Crippen LogP contribution is 2.15. The summed E-state index contributed by atoms with van der Waals surface area (Å²) in [4.78, 5) is 0. The lowest BCUT2D eigenvalue weighted by Crippen LogP contribution is -2.19. The molecule has 1 fully saturated rings. The van der Waals surface area contributed by atoms with Crippen LogP contribution in [0.5, 0.6) is 0 Å². The second-order valence-electron chi connectivity index (χ2n) is 3.57. The highest BCUT2D eigenvalue weighted by atomic mass is 16.5. The maximum atomic E-state index is 5.29. The Labute approximate surface area is 86.5 Å². The molecule has 3 nitrogen and oxygen atoms in total. The van der Waals surface area contributed by atoms with Gasteiger partial charge in [-0.05, 0) is 18.8 Å². The summed E-state index contributed by atoms with van der Waals surface area (Å²) in [6.07, 6.45) is 6.87. The van der Waals surface area contributed by atoms with Crippen LogP contribution < -0.4 is 5.32 Å². The first-order valence-electron chi connectivity index (χ1n) is 5.37. The molecule has 1 rings (SSSR count). The summed E-state index contributed by atoms with van der Waals surface area (Å²) in [5.41, 5.74) is 0. The summed E-state index contributed by atoms with van der Waals surface area (Å²) in [5, 5.41) is 3.28. The second kappa shape index (κ2) is 7.97. The molecule has 3 heteroatoms. The first-order chi connectivity index (χ1) is 6.93. The molecule has 1 N–H and O–H groups in total. The van der Waals surface area contributed by atoms with Crippen LogP contribution in [-0.2, 0) is 9.47 Å². The second-order valence-corrected chi connectivity index (χ2v) is 3.57. The summed E-state index contributed by atoms with van der Waals surface area (Å²) < 4.78 is 10.2. The molecule has 0 aromatic carbocycles. The van der Waals surface area contributed by atoms with Crippen molar-refractivity contribution in [2.24, 2.45) is 5.92 Å². The molecule has 0 bridgehead atoms. The molecule has 1 saturated heterocycles. The van der Waals surface area contributed by atoms with Crippen molar-refractivity contribution < 1.29 is 9.47 Å². The summed E-state index contributed by atoms with van der Waals surface area (Å²) >= 11 is 0. The largest absolute Gasteiger partial charge is 0.383 e. The highest BCUT2D eigenvalue weighted by molar-refractivity contribution is 4.90. The average molecular weight is 199 g/mol. The van der Waals surface area contributed by atoms with Crippen molar-refractivity contribution in [2.75, 3.05) is 40.0 Å². The van der Waals surface area contributed by atoms with E-state index in [1.807, 2.05) is 0 Å². The van der Waals surface area contributed by atoms with Gasteiger partial charge in [-0.1, -0.05) is 12.2 Å². The number of hydrogen-bond donors (Lipinski definition) is 1. The molecular formula is C11H21NO2. The first-order valence-corrected chi connectivity index (χ1v) is 5.37. The van der Waals surface area contributed by atoms with Gasteiger partial charge in [0.1, 0.15) is 0 Å². The van der Waals surface area contributed by atoms with E-state index in [0.717, 1.165) is 38.8 Å². The van der Waals surface area contributed by atoms with Gasteiger partial charge in [-0.2, -0.15) is 0 Å². The quantitative estimate of drug-likeness (QED) is 0.515. The fourth-order valence-corrected chi connectivity index (χ4v) is 1.53. The number of ether oxygens (including phenoxy) is 2. The molecule has 0 amide bonds. The lowest BCUT2D eigenvalue weighted by atomic mass is 10.00. The van der Waals surface area contributed by atoms with E-state index in [0.29, 0.717) is 0 Å². The molecule has 0 spiro atoms. The van der Waals surface area contributed by atoms with Crippen molar-refractivity contribution >= 4 is 0 Å². The normalized spacial score (nSPS) is 19.2. The minimum Gasteiger partial charge on any atom is -0.383 e. The standard InChI is InChI=1S/C11H21NO2/c1-13-10-7-12-6-2-3-11-4-8-14-9-5-11/h2-3,11-12H,4-10H2,1H3. The predicted molar refractivity (Wildman–Crippen MR) is 57.4 cm³/mol. The van der Waals surface area contributed by atoms with Crippen LogP contribution in [0.2, 0.25) is 0 Å². The van der Waals surface area contributed by atoms with Gasteiger partial charge in [0.25, 0.3) is 0 Å². The average Bonchev–Trinajstić information content (AvgIpc) is 2.25. The Hall–Kier alpha value is -0.380. The van der Waals surface area contributed by atoms with E-state index in [2.05, 4.69) is 17.5 Å². The molecule has 0 atom stereocenters. The van der Waals surface area contributed by atoms with Gasteiger partial charge in [-0.25, -0.2) is 0 Å². The van der Waals surface area contributed by atoms with Crippen molar-refractivity contribution in [1.82, 2.24) is 5.32 Å². The smallest absolute Gasteiger partial charge is 0.0587 e. The van der Waals surface area contributed by atoms with E-state index in [-0.39, 0.29) is 0 Å². The van der Waals surface area contributed by atoms with E-state index in [1.165, 1.54) is 12.8 Å². The van der Waals surface area contributed by atoms with E-state index >= 15 is 0 Å². The third kappa shape index (κ3) is 5.37. The van der Waals surface area contributed by atoms with Gasteiger partial charge in [0.2, 0.25) is 0 Å². The van der Waals surface area contributed by atoms with E-state index in [9.17, 15) is 0 Å². The number of allylic oxidation sites excluding steroid dienone is 1. The summed E-state index contributed by atoms with van der Waals surface area (Å²) in [6.45, 7) is 4.50. The number of rotatable bonds is 6. The molecule has 1 heterocycles. The molecule has 1 aliphatic heterocycles. The lowest BCUT2D eigenvalue weighted by molar-refractivity contribution is 0.0785. The Bertz CT molecular complexity index is 153. The molecule has 0 aromatic rings. The molecule has 82 valence electrons. The lowest BCUT2D eigenvalue weighted by Gasteiger charge is -2.18. The zero-order chi connectivity index (χ0) is 10.1. The van der Waals surface area contributed by atoms with Crippen LogP contribution in [0.4, 0.5) is 0 Å². The van der Waals surface area contributed by atoms with Gasteiger partial charge in [-0.3, -0.25) is 0 Å². The van der Waals surface area contributed by atoms with E-state index < -0.39 is 0 Å². The Kier molecular flexibility index (Phi) is 6.66. The molecule has 0 aromatic heterocycles. The molecule has 0 saturated carbocycles. The van der Waals surface area contributed by atoms with Crippen LogP contribution in [0, 0.1) is 5.92 Å². The van der Waals surface area contributed by atoms with Crippen LogP contribution >= 0.6 is 0 Å². The van der Waals surface area contributed by atoms with Crippen molar-refractivity contribution in [1.29, 1.82) is 0 Å². The summed E-state index contributed by atoms with van der Waals surface area (Å²) in [6, 6.07) is 0. The topological polar surface area (TPSA) is 30.5 Å². The van der Waals surface area contributed by atoms with Crippen LogP contribution in [0.3, 0.4) is 0 Å². The Morgan fingerprint density at radius 1 is 1.43 bits per heavy atom. The number of methoxy groups -OCH3 is 1. The van der Waals surface area contributed by atoms with Crippen LogP contribution in [0.1, 0.15) is 12.8 Å². The van der Waals surface area contributed by atoms with Gasteiger partial charge in [0.05, 0.1) is 6.61 Å². The van der Waals surface area contributed by atoms with Crippen molar-refractivity contribution in [2.45, 2.75) is 12.8 Å². The number of nitrogens with one attached hydrogen (secondary N) is 1. The molecule has 0 aliphatic carbocycles. The van der Waals surface area contributed by atoms with Crippen LogP contribution in [0.25, 0.3) is 0 Å². The van der Waals surface area contributed by atoms with Gasteiger partial charge in [0, 0.05) is 33.4 Å². The van der Waals surface area contributed by atoms with Gasteiger partial charge < -0.3 is 14.8 Å². The van der Waals surface area contributed by atoms with Gasteiger partial charge >= 0.3 is 0 Å². The third-order valence-corrected chi connectivity index (χ3v) is 2.42. The Morgan fingerprint density at radius 2 is 2.21 bits per heavy atom. The fraction of sp³-hybridized carbons (Fsp3) is 0.818. The first kappa shape index (κ1) is 11.7. The summed E-state index contributed by atoms with van der Waals surface area (Å²) in [7, 11) is 1.72. The molecular weight excluding hydrogens is 178 g/mol. The minimum absolute atomic E-state index is 0.730. The molecule has 1 aliphatic rings. The van der Waals surface area contributed by atoms with Gasteiger partial charge in [-0.15, -0.1) is 0 Å². The molecule has 0 unspecified atom stereocenters. The molecule has 0 radical (unpaired) electrons. The monoisotopic (exact) mass is 199 g/mol. The fourth-order valence-electron chi connectivity index (χ4n) is 1.53. The predicted octanol–water partition coefficient (Wildman–Crippen LogP) is 1.21. The summed E-state index contributed by atoms with van der Waals surface area (Å²) in [5.74, 6) is 0.730. The maximum Gasteiger partial charge on any atom is 0.0587 e. The van der Waals surface area contributed by atoms with Crippen molar-refractivity contribution in [3.8, 4) is 0 Å². The Morgan fingerprint density at radius 3 is 2.93 bits per heavy atom. The zero-order valence-electron chi connectivity index (χ0n) is 9.00. The zero-order valence-corrected chi connectivity index (χ0v) is 9.00. The van der Waals surface area contributed by atoms with Crippen molar-refractivity contribution in [3.05, 3.63) is 12.2 Å². The minimum atomic E-state index is 0.730. The Balaban J connectivity index is 1.96. The number of hydrogen-bond acceptors (Lipinski definition) is 3. The van der Waals surface area contributed by atoms with Crippen molar-refractivity contribution in [3.63, 3.8) is 0 Å². The molecule has 14 heavy (non-hydrogen) atoms. The van der Waals surface area contributed by atoms with E-state index in [1.54, 1.807) is 7.11 Å². The SMILES string of the molecule is COCCNCC=CC1CCOCC1. The van der Waals surface area contributed by atoms with Crippen LogP contribution in [0.15, 0.2) is 12.2 Å². The highest BCUT2D eigenvalue weighted by Gasteiger charge is 2.09. The third-order valence-electron chi connectivity index (χ3n) is 2.42. The van der Waals surface area contributed by atoms with Crippen LogP contribution in [-0.4, -0.2) is 40.0 Å². The maximum absolute atomic E-state index is 5.29. The van der Waals surface area contributed by atoms with E-state index in [4.69, 9.17) is 9.47 Å².